The third-order valence-corrected chi connectivity index (χ3v) is 6.04. The molecule has 2 N–H and O–H groups in total. The van der Waals surface area contributed by atoms with Crippen LogP contribution in [0.3, 0.4) is 0 Å². The van der Waals surface area contributed by atoms with Gasteiger partial charge in [0.05, 0.1) is 18.8 Å². The van der Waals surface area contributed by atoms with Crippen molar-refractivity contribution in [2.75, 3.05) is 6.61 Å². The number of nitrogens with one attached hydrogen (secondary N) is 1. The second-order valence-corrected chi connectivity index (χ2v) is 8.45. The smallest absolute Gasteiger partial charge is 0.255 e. The van der Waals surface area contributed by atoms with Gasteiger partial charge in [-0.2, -0.15) is 0 Å². The Hall–Kier alpha value is -3.25. The van der Waals surface area contributed by atoms with Gasteiger partial charge in [-0.1, -0.05) is 25.1 Å². The van der Waals surface area contributed by atoms with Crippen LogP contribution < -0.4 is 10.1 Å². The number of pyridine rings is 1. The quantitative estimate of drug-likeness (QED) is 0.541. The standard InChI is InChI=1S/C26H27FN2O3/c1-16-3-4-18(10-24(16)27)12-29-26(31)22-11-19(23-13-28-8-7-20(23)14-30)5-6-25(22)32-15-21-9-17(21)2/h3-8,10-11,13,17,21,30H,9,12,14-15H2,1-2H3,(H,29,31). The maximum absolute atomic E-state index is 13.9. The largest absolute Gasteiger partial charge is 0.492 e. The van der Waals surface area contributed by atoms with Crippen LogP contribution in [-0.2, 0) is 13.2 Å². The van der Waals surface area contributed by atoms with Gasteiger partial charge in [-0.15, -0.1) is 0 Å². The van der Waals surface area contributed by atoms with Crippen LogP contribution in [0.15, 0.2) is 54.9 Å². The maximum Gasteiger partial charge on any atom is 0.255 e. The van der Waals surface area contributed by atoms with E-state index in [1.807, 2.05) is 6.07 Å². The Morgan fingerprint density at radius 1 is 1.25 bits per heavy atom. The molecule has 0 bridgehead atoms. The zero-order valence-corrected chi connectivity index (χ0v) is 18.3. The number of hydrogen-bond donors (Lipinski definition) is 2. The number of aryl methyl sites for hydroxylation is 1. The number of aliphatic hydroxyl groups is 1. The summed E-state index contributed by atoms with van der Waals surface area (Å²) in [6, 6.07) is 12.1. The molecule has 166 valence electrons. The molecular formula is C26H27FN2O3. The molecule has 1 amide bonds. The highest BCUT2D eigenvalue weighted by molar-refractivity contribution is 5.98. The predicted octanol–water partition coefficient (Wildman–Crippen LogP) is 4.65. The van der Waals surface area contributed by atoms with E-state index in [1.54, 1.807) is 49.6 Å². The van der Waals surface area contributed by atoms with Crippen molar-refractivity contribution in [3.8, 4) is 16.9 Å². The van der Waals surface area contributed by atoms with Crippen molar-refractivity contribution in [3.63, 3.8) is 0 Å². The summed E-state index contributed by atoms with van der Waals surface area (Å²) in [6.07, 6.45) is 4.43. The van der Waals surface area contributed by atoms with E-state index in [0.29, 0.717) is 40.9 Å². The van der Waals surface area contributed by atoms with Gasteiger partial charge in [0.2, 0.25) is 0 Å². The molecule has 1 aromatic heterocycles. The van der Waals surface area contributed by atoms with E-state index in [9.17, 15) is 14.3 Å². The summed E-state index contributed by atoms with van der Waals surface area (Å²) in [7, 11) is 0. The number of halogens is 1. The van der Waals surface area contributed by atoms with Gasteiger partial charge >= 0.3 is 0 Å². The van der Waals surface area contributed by atoms with E-state index in [0.717, 1.165) is 23.1 Å². The minimum atomic E-state index is -0.305. The highest BCUT2D eigenvalue weighted by Crippen LogP contribution is 2.38. The Kier molecular flexibility index (Phi) is 6.51. The van der Waals surface area contributed by atoms with Gasteiger partial charge in [-0.3, -0.25) is 9.78 Å². The monoisotopic (exact) mass is 434 g/mol. The molecule has 0 aliphatic heterocycles. The van der Waals surface area contributed by atoms with Gasteiger partial charge in [-0.05, 0) is 71.7 Å². The normalized spacial score (nSPS) is 17.1. The molecule has 6 heteroatoms. The Bertz CT molecular complexity index is 1130. The highest BCUT2D eigenvalue weighted by Gasteiger charge is 2.33. The summed E-state index contributed by atoms with van der Waals surface area (Å²) in [4.78, 5) is 17.3. The van der Waals surface area contributed by atoms with Crippen molar-refractivity contribution in [2.45, 2.75) is 33.4 Å². The summed E-state index contributed by atoms with van der Waals surface area (Å²) in [5.41, 5.74) is 3.89. The molecule has 1 heterocycles. The first-order valence-corrected chi connectivity index (χ1v) is 10.8. The summed E-state index contributed by atoms with van der Waals surface area (Å²) < 4.78 is 19.9. The van der Waals surface area contributed by atoms with Gasteiger partial charge < -0.3 is 15.2 Å². The SMILES string of the molecule is Cc1ccc(CNC(=O)c2cc(-c3cnccc3CO)ccc2OCC2CC2C)cc1F. The molecule has 1 saturated carbocycles. The van der Waals surface area contributed by atoms with Crippen LogP contribution in [0, 0.1) is 24.6 Å². The molecule has 32 heavy (non-hydrogen) atoms. The summed E-state index contributed by atoms with van der Waals surface area (Å²) in [5.74, 6) is 1.07. The number of aliphatic hydroxyl groups excluding tert-OH is 1. The molecule has 4 rings (SSSR count). The number of aromatic nitrogens is 1. The second kappa shape index (κ2) is 9.49. The first kappa shape index (κ1) is 22.0. The molecule has 2 atom stereocenters. The summed E-state index contributed by atoms with van der Waals surface area (Å²) in [6.45, 7) is 4.53. The van der Waals surface area contributed by atoms with Gasteiger partial charge in [-0.25, -0.2) is 4.39 Å². The van der Waals surface area contributed by atoms with Crippen LogP contribution in [-0.4, -0.2) is 22.6 Å². The Morgan fingerprint density at radius 2 is 2.06 bits per heavy atom. The predicted molar refractivity (Wildman–Crippen MR) is 121 cm³/mol. The fourth-order valence-corrected chi connectivity index (χ4v) is 3.67. The van der Waals surface area contributed by atoms with E-state index in [4.69, 9.17) is 4.74 Å². The maximum atomic E-state index is 13.9. The van der Waals surface area contributed by atoms with Crippen LogP contribution in [0.25, 0.3) is 11.1 Å². The van der Waals surface area contributed by atoms with Crippen molar-refractivity contribution < 1.29 is 19.0 Å². The number of hydrogen-bond acceptors (Lipinski definition) is 4. The van der Waals surface area contributed by atoms with Gasteiger partial charge in [0.25, 0.3) is 5.91 Å². The highest BCUT2D eigenvalue weighted by atomic mass is 19.1. The molecule has 3 aromatic rings. The average Bonchev–Trinajstić information content (AvgIpc) is 3.53. The molecule has 2 unspecified atom stereocenters. The Morgan fingerprint density at radius 3 is 2.78 bits per heavy atom. The first-order valence-electron chi connectivity index (χ1n) is 10.8. The minimum Gasteiger partial charge on any atom is -0.492 e. The van der Waals surface area contributed by atoms with Crippen molar-refractivity contribution in [1.82, 2.24) is 10.3 Å². The lowest BCUT2D eigenvalue weighted by molar-refractivity contribution is 0.0946. The van der Waals surface area contributed by atoms with E-state index >= 15 is 0 Å². The van der Waals surface area contributed by atoms with Crippen molar-refractivity contribution in [2.24, 2.45) is 11.8 Å². The van der Waals surface area contributed by atoms with E-state index in [2.05, 4.69) is 17.2 Å². The molecule has 0 spiro atoms. The van der Waals surface area contributed by atoms with Gasteiger partial charge in [0.15, 0.2) is 0 Å². The van der Waals surface area contributed by atoms with E-state index in [-0.39, 0.29) is 24.9 Å². The van der Waals surface area contributed by atoms with E-state index in [1.165, 1.54) is 6.07 Å². The van der Waals surface area contributed by atoms with E-state index < -0.39 is 0 Å². The number of carbonyl (C=O) groups is 1. The number of benzene rings is 2. The molecule has 1 aliphatic rings. The Labute approximate surface area is 187 Å². The topological polar surface area (TPSA) is 71.5 Å². The van der Waals surface area contributed by atoms with Gasteiger partial charge in [0, 0.05) is 24.5 Å². The first-order chi connectivity index (χ1) is 15.5. The lowest BCUT2D eigenvalue weighted by atomic mass is 9.99. The average molecular weight is 435 g/mol. The van der Waals surface area contributed by atoms with Crippen LogP contribution in [0.1, 0.15) is 40.4 Å². The number of rotatable bonds is 8. The minimum absolute atomic E-state index is 0.129. The lowest BCUT2D eigenvalue weighted by Crippen LogP contribution is -2.24. The zero-order chi connectivity index (χ0) is 22.7. The van der Waals surface area contributed by atoms with Crippen LogP contribution in [0.4, 0.5) is 4.39 Å². The number of ether oxygens (including phenoxy) is 1. The number of carbonyl (C=O) groups excluding carboxylic acids is 1. The Balaban J connectivity index is 1.59. The summed E-state index contributed by atoms with van der Waals surface area (Å²) >= 11 is 0. The molecule has 1 fully saturated rings. The lowest BCUT2D eigenvalue weighted by Gasteiger charge is -2.15. The molecule has 0 saturated heterocycles. The third kappa shape index (κ3) is 4.97. The fraction of sp³-hybridized carbons (Fsp3) is 0.308. The van der Waals surface area contributed by atoms with Gasteiger partial charge in [0.1, 0.15) is 11.6 Å². The molecule has 1 aliphatic carbocycles. The molecule has 0 radical (unpaired) electrons. The third-order valence-electron chi connectivity index (χ3n) is 6.04. The van der Waals surface area contributed by atoms with Crippen molar-refractivity contribution in [3.05, 3.63) is 82.9 Å². The fourth-order valence-electron chi connectivity index (χ4n) is 3.67. The molecular weight excluding hydrogens is 407 g/mol. The van der Waals surface area contributed by atoms with Crippen LogP contribution >= 0.6 is 0 Å². The molecule has 5 nitrogen and oxygen atoms in total. The van der Waals surface area contributed by atoms with Crippen LogP contribution in [0.5, 0.6) is 5.75 Å². The molecule has 2 aromatic carbocycles. The van der Waals surface area contributed by atoms with Crippen molar-refractivity contribution >= 4 is 5.91 Å². The zero-order valence-electron chi connectivity index (χ0n) is 18.3. The second-order valence-electron chi connectivity index (χ2n) is 8.45. The summed E-state index contributed by atoms with van der Waals surface area (Å²) in [5, 5.41) is 12.6. The number of nitrogens with zero attached hydrogens (tertiary/aromatic N) is 1. The number of amides is 1. The van der Waals surface area contributed by atoms with Crippen LogP contribution in [0.2, 0.25) is 0 Å². The van der Waals surface area contributed by atoms with Crippen molar-refractivity contribution in [1.29, 1.82) is 0 Å².